The molecular formula is C32H34FN5O4S. The topological polar surface area (TPSA) is 119 Å². The number of pyridine rings is 1. The van der Waals surface area contributed by atoms with Crippen LogP contribution in [0.25, 0.3) is 10.8 Å². The largest absolute Gasteiger partial charge is 0.494 e. The molecule has 0 spiro atoms. The van der Waals surface area contributed by atoms with E-state index in [-0.39, 0.29) is 23.3 Å². The normalized spacial score (nSPS) is 15.3. The Labute approximate surface area is 255 Å². The van der Waals surface area contributed by atoms with Crippen molar-refractivity contribution in [3.8, 4) is 5.75 Å². The number of nitrogens with one attached hydrogen (secondary N) is 2. The number of carbonyl (C=O) groups is 2. The van der Waals surface area contributed by atoms with Gasteiger partial charge in [0.2, 0.25) is 5.91 Å². The number of hydrogen-bond donors (Lipinski definition) is 4. The zero-order valence-electron chi connectivity index (χ0n) is 24.2. The van der Waals surface area contributed by atoms with Gasteiger partial charge in [0, 0.05) is 40.0 Å². The van der Waals surface area contributed by atoms with Crippen LogP contribution in [0.4, 0.5) is 26.4 Å². The number of fused-ring (bicyclic) bond motifs is 1. The molecule has 1 aromatic heterocycles. The van der Waals surface area contributed by atoms with Crippen LogP contribution in [0, 0.1) is 5.82 Å². The maximum absolute atomic E-state index is 16.0. The van der Waals surface area contributed by atoms with Gasteiger partial charge in [0.25, 0.3) is 0 Å². The summed E-state index contributed by atoms with van der Waals surface area (Å²) in [6.07, 6.45) is 3.06. The molecule has 1 fully saturated rings. The highest BCUT2D eigenvalue weighted by molar-refractivity contribution is 7.80. The number of nitrogens with two attached hydrogens (primary N) is 1. The van der Waals surface area contributed by atoms with E-state index in [0.717, 1.165) is 28.3 Å². The van der Waals surface area contributed by atoms with Crippen LogP contribution >= 0.6 is 12.6 Å². The summed E-state index contributed by atoms with van der Waals surface area (Å²) in [5, 5.41) is 7.60. The number of thiol groups is 1. The van der Waals surface area contributed by atoms with Crippen LogP contribution in [0.2, 0.25) is 0 Å². The molecule has 43 heavy (non-hydrogen) atoms. The van der Waals surface area contributed by atoms with Gasteiger partial charge in [-0.3, -0.25) is 10.1 Å². The lowest BCUT2D eigenvalue weighted by Gasteiger charge is -2.31. The second-order valence-corrected chi connectivity index (χ2v) is 10.8. The van der Waals surface area contributed by atoms with Crippen LogP contribution in [-0.4, -0.2) is 42.6 Å². The molecule has 1 aliphatic heterocycles. The van der Waals surface area contributed by atoms with Gasteiger partial charge in [-0.25, -0.2) is 14.2 Å². The van der Waals surface area contributed by atoms with Crippen molar-refractivity contribution in [2.75, 3.05) is 37.1 Å². The Morgan fingerprint density at radius 1 is 1.14 bits per heavy atom. The van der Waals surface area contributed by atoms with Crippen LogP contribution in [0.5, 0.6) is 5.75 Å². The van der Waals surface area contributed by atoms with E-state index in [1.54, 1.807) is 47.5 Å². The first-order valence-electron chi connectivity index (χ1n) is 14.0. The van der Waals surface area contributed by atoms with E-state index in [2.05, 4.69) is 28.2 Å². The molecule has 224 valence electrons. The Kier molecular flexibility index (Phi) is 8.91. The molecule has 0 aliphatic carbocycles. The summed E-state index contributed by atoms with van der Waals surface area (Å²) < 4.78 is 26.1. The first-order chi connectivity index (χ1) is 20.7. The fourth-order valence-corrected chi connectivity index (χ4v) is 5.85. The zero-order valence-corrected chi connectivity index (χ0v) is 25.1. The molecule has 1 saturated heterocycles. The van der Waals surface area contributed by atoms with Crippen molar-refractivity contribution in [1.29, 1.82) is 0 Å². The minimum Gasteiger partial charge on any atom is -0.494 e. The molecular weight excluding hydrogens is 569 g/mol. The molecule has 1 aliphatic rings. The second-order valence-electron chi connectivity index (χ2n) is 10.3. The quantitative estimate of drug-likeness (QED) is 0.170. The lowest BCUT2D eigenvalue weighted by atomic mass is 9.98. The Hall–Kier alpha value is -4.51. The van der Waals surface area contributed by atoms with E-state index in [1.807, 2.05) is 25.1 Å². The van der Waals surface area contributed by atoms with E-state index in [9.17, 15) is 9.59 Å². The second kappa shape index (κ2) is 12.8. The maximum atomic E-state index is 16.0. The number of halogens is 1. The van der Waals surface area contributed by atoms with Crippen LogP contribution in [0.1, 0.15) is 48.5 Å². The Balaban J connectivity index is 1.57. The molecule has 0 saturated carbocycles. The van der Waals surface area contributed by atoms with Crippen molar-refractivity contribution in [2.45, 2.75) is 43.2 Å². The first-order valence-corrected chi connectivity index (χ1v) is 14.4. The first kappa shape index (κ1) is 30.0. The van der Waals surface area contributed by atoms with Gasteiger partial charge >= 0.3 is 6.09 Å². The number of nitrogens with zero attached hydrogens (tertiary/aromatic N) is 2. The molecule has 2 amide bonds. The Morgan fingerprint density at radius 2 is 1.93 bits per heavy atom. The molecule has 4 aromatic rings. The summed E-state index contributed by atoms with van der Waals surface area (Å²) in [5.41, 5.74) is 8.98. The highest BCUT2D eigenvalue weighted by atomic mass is 32.1. The van der Waals surface area contributed by atoms with E-state index in [1.165, 1.54) is 14.2 Å². The number of ether oxygens (including phenoxy) is 2. The molecule has 9 nitrogen and oxygen atoms in total. The van der Waals surface area contributed by atoms with Crippen molar-refractivity contribution >= 4 is 52.6 Å². The molecule has 4 N–H and O–H groups in total. The van der Waals surface area contributed by atoms with Gasteiger partial charge in [-0.05, 0) is 84.3 Å². The minimum absolute atomic E-state index is 0.0727. The summed E-state index contributed by atoms with van der Waals surface area (Å²) in [6.45, 7) is 2.43. The number of aryl methyl sites for hydroxylation is 1. The standard InChI is InChI=1S/C32H34FN5O4S/c1-4-18-14-24(28(33)26(15-18)41-2)29(36-20-7-9-22-19(16-20)11-12-35-30(22)34)31(39)38-13-5-6-25(38)23-17-21(8-10-27(23)43)37-32(40)42-3/h7-12,14-17,25,29,36,43H,4-6,13H2,1-3H3,(H2,34,35)(H,37,40)/t25-,29-/m1/s1. The Morgan fingerprint density at radius 3 is 2.67 bits per heavy atom. The molecule has 0 radical (unpaired) electrons. The van der Waals surface area contributed by atoms with E-state index in [4.69, 9.17) is 15.2 Å². The van der Waals surface area contributed by atoms with E-state index in [0.29, 0.717) is 41.5 Å². The molecule has 2 heterocycles. The SMILES string of the molecule is CCc1cc(OC)c(F)c([C@@H](Nc2ccc3c(N)nccc3c2)C(=O)N2CCC[C@@H]2c2cc(NC(=O)OC)ccc2S)c1. The summed E-state index contributed by atoms with van der Waals surface area (Å²) in [7, 11) is 2.70. The lowest BCUT2D eigenvalue weighted by molar-refractivity contribution is -0.133. The number of hydrogen-bond acceptors (Lipinski definition) is 8. The Bertz CT molecular complexity index is 1680. The molecule has 5 rings (SSSR count). The fraction of sp³-hybridized carbons (Fsp3) is 0.281. The summed E-state index contributed by atoms with van der Waals surface area (Å²) >= 11 is 4.67. The van der Waals surface area contributed by atoms with Crippen molar-refractivity contribution in [3.63, 3.8) is 0 Å². The lowest BCUT2D eigenvalue weighted by Crippen LogP contribution is -2.38. The van der Waals surface area contributed by atoms with Crippen molar-refractivity contribution < 1.29 is 23.5 Å². The number of anilines is 3. The third-order valence-corrected chi connectivity index (χ3v) is 8.18. The highest BCUT2D eigenvalue weighted by Crippen LogP contribution is 2.40. The molecule has 3 aromatic carbocycles. The van der Waals surface area contributed by atoms with Gasteiger partial charge in [-0.15, -0.1) is 12.6 Å². The van der Waals surface area contributed by atoms with Gasteiger partial charge in [-0.2, -0.15) is 0 Å². The van der Waals surface area contributed by atoms with Crippen LogP contribution in [-0.2, 0) is 16.0 Å². The predicted molar refractivity (Wildman–Crippen MR) is 168 cm³/mol. The number of aromatic nitrogens is 1. The van der Waals surface area contributed by atoms with Gasteiger partial charge in [0.05, 0.1) is 20.3 Å². The van der Waals surface area contributed by atoms with Gasteiger partial charge in [-0.1, -0.05) is 13.0 Å². The van der Waals surface area contributed by atoms with Gasteiger partial charge in [0.15, 0.2) is 11.6 Å². The zero-order chi connectivity index (χ0) is 30.7. The highest BCUT2D eigenvalue weighted by Gasteiger charge is 2.37. The fourth-order valence-electron chi connectivity index (χ4n) is 5.56. The minimum atomic E-state index is -1.07. The molecule has 0 bridgehead atoms. The van der Waals surface area contributed by atoms with Crippen LogP contribution in [0.3, 0.4) is 0 Å². The summed E-state index contributed by atoms with van der Waals surface area (Å²) in [6, 6.07) is 14.5. The molecule has 0 unspecified atom stereocenters. The number of nitrogen functional groups attached to an aromatic ring is 1. The monoisotopic (exact) mass is 603 g/mol. The number of carbonyl (C=O) groups excluding carboxylic acids is 2. The average Bonchev–Trinajstić information content (AvgIpc) is 3.50. The predicted octanol–water partition coefficient (Wildman–Crippen LogP) is 6.51. The number of amides is 2. The van der Waals surface area contributed by atoms with Crippen LogP contribution in [0.15, 0.2) is 65.7 Å². The third-order valence-electron chi connectivity index (χ3n) is 7.77. The van der Waals surface area contributed by atoms with Crippen molar-refractivity contribution in [3.05, 3.63) is 83.3 Å². The van der Waals surface area contributed by atoms with Gasteiger partial charge in [0.1, 0.15) is 11.9 Å². The number of benzene rings is 3. The van der Waals surface area contributed by atoms with Gasteiger partial charge < -0.3 is 25.4 Å². The van der Waals surface area contributed by atoms with Crippen molar-refractivity contribution in [2.24, 2.45) is 0 Å². The number of likely N-dealkylation sites (tertiary alicyclic amines) is 1. The van der Waals surface area contributed by atoms with Crippen LogP contribution < -0.4 is 21.1 Å². The maximum Gasteiger partial charge on any atom is 0.411 e. The van der Waals surface area contributed by atoms with E-state index >= 15 is 4.39 Å². The smallest absolute Gasteiger partial charge is 0.411 e. The summed E-state index contributed by atoms with van der Waals surface area (Å²) in [4.78, 5) is 32.9. The van der Waals surface area contributed by atoms with E-state index < -0.39 is 18.0 Å². The third kappa shape index (κ3) is 6.17. The average molecular weight is 604 g/mol. The summed E-state index contributed by atoms with van der Waals surface area (Å²) in [5.74, 6) is -0.433. The van der Waals surface area contributed by atoms with Crippen molar-refractivity contribution in [1.82, 2.24) is 9.88 Å². The molecule has 11 heteroatoms. The number of methoxy groups -OCH3 is 2. The molecule has 2 atom stereocenters. The number of rotatable bonds is 8.